The third-order valence-electron chi connectivity index (χ3n) is 1.88. The van der Waals surface area contributed by atoms with Gasteiger partial charge in [-0.1, -0.05) is 0 Å². The fraction of sp³-hybridized carbons (Fsp3) is 0.800. The van der Waals surface area contributed by atoms with Crippen LogP contribution in [0.5, 0.6) is 0 Å². The number of rotatable bonds is 7. The Kier molecular flexibility index (Phi) is 6.90. The third kappa shape index (κ3) is 6.19. The third-order valence-corrected chi connectivity index (χ3v) is 1.88. The quantitative estimate of drug-likeness (QED) is 0.466. The van der Waals surface area contributed by atoms with E-state index in [2.05, 4.69) is 10.1 Å². The molecule has 0 radical (unpaired) electrons. The van der Waals surface area contributed by atoms with Gasteiger partial charge in [-0.25, -0.2) is 4.79 Å². The van der Waals surface area contributed by atoms with Gasteiger partial charge in [0.15, 0.2) is 0 Å². The average molecular weight is 216 g/mol. The summed E-state index contributed by atoms with van der Waals surface area (Å²) in [6, 6.07) is -0.482. The van der Waals surface area contributed by atoms with Gasteiger partial charge in [-0.3, -0.25) is 4.79 Å². The van der Waals surface area contributed by atoms with Gasteiger partial charge in [-0.05, 0) is 27.9 Å². The van der Waals surface area contributed by atoms with Crippen LogP contribution in [0.25, 0.3) is 0 Å². The monoisotopic (exact) mass is 216 g/mol. The molecule has 15 heavy (non-hydrogen) atoms. The number of Topliss-reactive ketones (excluding diaryl/α,β-unsaturated/α-hetero) is 1. The number of nitrogens with one attached hydrogen (secondary N) is 1. The zero-order chi connectivity index (χ0) is 11.8. The predicted molar refractivity (Wildman–Crippen MR) is 57.7 cm³/mol. The van der Waals surface area contributed by atoms with Crippen LogP contribution in [-0.2, 0) is 14.3 Å². The topological polar surface area (TPSA) is 58.6 Å². The van der Waals surface area contributed by atoms with Crippen LogP contribution in [0.1, 0.15) is 13.8 Å². The Balaban J connectivity index is 3.83. The van der Waals surface area contributed by atoms with Gasteiger partial charge in [0, 0.05) is 13.1 Å². The van der Waals surface area contributed by atoms with E-state index in [1.54, 1.807) is 13.8 Å². The molecular weight excluding hydrogens is 196 g/mol. The lowest BCUT2D eigenvalue weighted by Gasteiger charge is -2.14. The maximum atomic E-state index is 11.4. The first kappa shape index (κ1) is 14.1. The molecule has 0 aliphatic rings. The summed E-state index contributed by atoms with van der Waals surface area (Å²) in [5, 5.41) is 2.96. The highest BCUT2D eigenvalue weighted by molar-refractivity contribution is 6.35. The van der Waals surface area contributed by atoms with Crippen LogP contribution in [0.15, 0.2) is 0 Å². The van der Waals surface area contributed by atoms with Crippen LogP contribution >= 0.6 is 0 Å². The summed E-state index contributed by atoms with van der Waals surface area (Å²) >= 11 is 0. The van der Waals surface area contributed by atoms with Crippen molar-refractivity contribution in [3.63, 3.8) is 0 Å². The minimum absolute atomic E-state index is 0.231. The van der Waals surface area contributed by atoms with Crippen molar-refractivity contribution in [1.82, 2.24) is 10.2 Å². The molecule has 88 valence electrons. The minimum Gasteiger partial charge on any atom is -0.460 e. The fourth-order valence-electron chi connectivity index (χ4n) is 0.976. The molecule has 0 aliphatic carbocycles. The second-order valence-corrected chi connectivity index (χ2v) is 3.56. The van der Waals surface area contributed by atoms with Gasteiger partial charge in [0.25, 0.3) is 5.78 Å². The van der Waals surface area contributed by atoms with E-state index in [0.717, 1.165) is 6.54 Å². The molecule has 0 amide bonds. The molecule has 1 unspecified atom stereocenters. The normalized spacial score (nSPS) is 12.6. The SMILES string of the molecule is CCOC(=O)C(=O)C(C)NCCN(C)C. The van der Waals surface area contributed by atoms with E-state index in [4.69, 9.17) is 0 Å². The minimum atomic E-state index is -0.762. The summed E-state index contributed by atoms with van der Waals surface area (Å²) in [6.07, 6.45) is 0. The molecule has 0 aromatic carbocycles. The summed E-state index contributed by atoms with van der Waals surface area (Å²) in [5.41, 5.74) is 0. The molecule has 5 heteroatoms. The summed E-state index contributed by atoms with van der Waals surface area (Å²) in [6.45, 7) is 5.05. The first-order valence-electron chi connectivity index (χ1n) is 5.08. The first-order valence-corrected chi connectivity index (χ1v) is 5.08. The number of likely N-dealkylation sites (N-methyl/N-ethyl adjacent to an activating group) is 1. The van der Waals surface area contributed by atoms with E-state index in [0.29, 0.717) is 6.54 Å². The molecule has 5 nitrogen and oxygen atoms in total. The van der Waals surface area contributed by atoms with Crippen LogP contribution in [0, 0.1) is 0 Å². The van der Waals surface area contributed by atoms with Gasteiger partial charge in [0.1, 0.15) is 0 Å². The lowest BCUT2D eigenvalue weighted by Crippen LogP contribution is -2.41. The molecule has 0 heterocycles. The highest BCUT2D eigenvalue weighted by atomic mass is 16.5. The first-order chi connectivity index (χ1) is 6.99. The number of ether oxygens (including phenoxy) is 1. The van der Waals surface area contributed by atoms with Gasteiger partial charge in [0.2, 0.25) is 0 Å². The van der Waals surface area contributed by atoms with E-state index < -0.39 is 17.8 Å². The standard InChI is InChI=1S/C10H20N2O3/c1-5-15-10(14)9(13)8(2)11-6-7-12(3)4/h8,11H,5-7H2,1-4H3. The highest BCUT2D eigenvalue weighted by Crippen LogP contribution is 1.89. The molecule has 0 aromatic heterocycles. The molecule has 0 saturated heterocycles. The molecule has 1 N–H and O–H groups in total. The molecular formula is C10H20N2O3. The summed E-state index contributed by atoms with van der Waals surface area (Å²) < 4.78 is 4.61. The van der Waals surface area contributed by atoms with Crippen molar-refractivity contribution >= 4 is 11.8 Å². The number of carbonyl (C=O) groups excluding carboxylic acids is 2. The predicted octanol–water partition coefficient (Wildman–Crippen LogP) is -0.342. The fourth-order valence-corrected chi connectivity index (χ4v) is 0.976. The summed E-state index contributed by atoms with van der Waals surface area (Å²) in [5.74, 6) is -1.28. The van der Waals surface area contributed by atoms with Crippen LogP contribution < -0.4 is 5.32 Å². The summed E-state index contributed by atoms with van der Waals surface area (Å²) in [7, 11) is 3.89. The van der Waals surface area contributed by atoms with Gasteiger partial charge >= 0.3 is 5.97 Å². The van der Waals surface area contributed by atoms with E-state index in [9.17, 15) is 9.59 Å². The van der Waals surface area contributed by atoms with Crippen molar-refractivity contribution in [1.29, 1.82) is 0 Å². The van der Waals surface area contributed by atoms with E-state index >= 15 is 0 Å². The number of hydrogen-bond acceptors (Lipinski definition) is 5. The Morgan fingerprint density at radius 3 is 2.47 bits per heavy atom. The van der Waals surface area contributed by atoms with Crippen molar-refractivity contribution in [3.05, 3.63) is 0 Å². The van der Waals surface area contributed by atoms with Crippen LogP contribution in [0.4, 0.5) is 0 Å². The lowest BCUT2D eigenvalue weighted by molar-refractivity contribution is -0.154. The average Bonchev–Trinajstić information content (AvgIpc) is 2.16. The van der Waals surface area contributed by atoms with Gasteiger partial charge in [-0.2, -0.15) is 0 Å². The number of ketones is 1. The van der Waals surface area contributed by atoms with E-state index in [1.807, 2.05) is 19.0 Å². The molecule has 0 fully saturated rings. The van der Waals surface area contributed by atoms with Crippen molar-refractivity contribution in [2.75, 3.05) is 33.8 Å². The Bertz CT molecular complexity index is 217. The van der Waals surface area contributed by atoms with Gasteiger partial charge < -0.3 is 15.0 Å². The van der Waals surface area contributed by atoms with Crippen LogP contribution in [0.3, 0.4) is 0 Å². The lowest BCUT2D eigenvalue weighted by atomic mass is 10.2. The van der Waals surface area contributed by atoms with Gasteiger partial charge in [0.05, 0.1) is 12.6 Å². The Labute approximate surface area is 90.8 Å². The number of nitrogens with zero attached hydrogens (tertiary/aromatic N) is 1. The van der Waals surface area contributed by atoms with E-state index in [-0.39, 0.29) is 6.61 Å². The van der Waals surface area contributed by atoms with Crippen molar-refractivity contribution in [2.24, 2.45) is 0 Å². The van der Waals surface area contributed by atoms with E-state index in [1.165, 1.54) is 0 Å². The Morgan fingerprint density at radius 1 is 1.40 bits per heavy atom. The molecule has 0 aromatic rings. The second-order valence-electron chi connectivity index (χ2n) is 3.56. The molecule has 1 atom stereocenters. The zero-order valence-electron chi connectivity index (χ0n) is 9.87. The highest BCUT2D eigenvalue weighted by Gasteiger charge is 2.21. The maximum absolute atomic E-state index is 11.4. The number of esters is 1. The van der Waals surface area contributed by atoms with Crippen LogP contribution in [0.2, 0.25) is 0 Å². The van der Waals surface area contributed by atoms with Crippen molar-refractivity contribution in [3.8, 4) is 0 Å². The van der Waals surface area contributed by atoms with Crippen LogP contribution in [-0.4, -0.2) is 56.5 Å². The molecule has 0 bridgehead atoms. The molecule has 0 aliphatic heterocycles. The molecule has 0 saturated carbocycles. The zero-order valence-corrected chi connectivity index (χ0v) is 9.87. The summed E-state index contributed by atoms with van der Waals surface area (Å²) in [4.78, 5) is 24.4. The second kappa shape index (κ2) is 7.36. The largest absolute Gasteiger partial charge is 0.460 e. The molecule has 0 spiro atoms. The van der Waals surface area contributed by atoms with Crippen molar-refractivity contribution < 1.29 is 14.3 Å². The number of carbonyl (C=O) groups is 2. The Morgan fingerprint density at radius 2 is 2.00 bits per heavy atom. The van der Waals surface area contributed by atoms with Gasteiger partial charge in [-0.15, -0.1) is 0 Å². The van der Waals surface area contributed by atoms with Crippen molar-refractivity contribution in [2.45, 2.75) is 19.9 Å². The Hall–Kier alpha value is -0.940. The molecule has 0 rings (SSSR count). The maximum Gasteiger partial charge on any atom is 0.376 e. The smallest absolute Gasteiger partial charge is 0.376 e. The number of hydrogen-bond donors (Lipinski definition) is 1.